The number of hydrogen-bond acceptors (Lipinski definition) is 8. The number of rotatable bonds is 2. The molecule has 4 heterocycles. The van der Waals surface area contributed by atoms with E-state index in [0.29, 0.717) is 28.5 Å². The molecule has 1 aliphatic carbocycles. The highest BCUT2D eigenvalue weighted by Gasteiger charge is 2.51. The highest BCUT2D eigenvalue weighted by atomic mass is 19.1. The molecular formula is C24H15FN6O5. The Kier molecular flexibility index (Phi) is 4.37. The molecule has 1 spiro atoms. The number of Topliss-reactive ketones (excluding diaryl/α,β-unsaturated/α-hetero) is 1. The number of aryl methyl sites for hydroxylation is 1. The van der Waals surface area contributed by atoms with Crippen LogP contribution in [0.4, 0.5) is 9.18 Å². The number of nitriles is 1. The number of ether oxygens (including phenoxy) is 1. The molecule has 0 saturated heterocycles. The van der Waals surface area contributed by atoms with Gasteiger partial charge in [-0.2, -0.15) is 15.5 Å². The van der Waals surface area contributed by atoms with Gasteiger partial charge in [0.05, 0.1) is 46.7 Å². The van der Waals surface area contributed by atoms with Crippen molar-refractivity contribution in [1.82, 2.24) is 24.5 Å². The first-order valence-corrected chi connectivity index (χ1v) is 10.9. The van der Waals surface area contributed by atoms with Gasteiger partial charge in [-0.15, -0.1) is 4.68 Å². The van der Waals surface area contributed by atoms with Gasteiger partial charge in [0, 0.05) is 24.2 Å². The SMILES string of the molecule is Cn1ncc(-c2cc3cnn(C(=O)O)c(=O)c3cn2)c1-c1c(F)cc2c(c1C#N)OC1(CC1)CC2=O. The zero-order valence-electron chi connectivity index (χ0n) is 18.6. The van der Waals surface area contributed by atoms with E-state index in [9.17, 15) is 19.6 Å². The van der Waals surface area contributed by atoms with Crippen molar-refractivity contribution in [2.75, 3.05) is 0 Å². The number of nitrogens with zero attached hydrogens (tertiary/aromatic N) is 6. The van der Waals surface area contributed by atoms with Crippen molar-refractivity contribution in [1.29, 1.82) is 5.26 Å². The molecule has 0 atom stereocenters. The molecule has 0 radical (unpaired) electrons. The summed E-state index contributed by atoms with van der Waals surface area (Å²) in [6.45, 7) is 0. The third-order valence-corrected chi connectivity index (χ3v) is 6.56. The Hall–Kier alpha value is -4.92. The standard InChI is InChI=1S/C24H15FN6O5/c1-30-20(19-13(7-26)21-12(5-16(19)25)18(32)6-24(36-21)2-3-24)15(10-28-30)17-4-11-8-29-31(23(34)35)22(33)14(11)9-27-17/h4-5,8-10H,2-3,6H2,1H3,(H,34,35). The zero-order valence-corrected chi connectivity index (χ0v) is 18.6. The summed E-state index contributed by atoms with van der Waals surface area (Å²) in [6, 6.07) is 4.60. The molecule has 36 heavy (non-hydrogen) atoms. The fourth-order valence-corrected chi connectivity index (χ4v) is 4.59. The van der Waals surface area contributed by atoms with Crippen LogP contribution >= 0.6 is 0 Å². The van der Waals surface area contributed by atoms with Gasteiger partial charge in [-0.1, -0.05) is 0 Å². The van der Waals surface area contributed by atoms with Crippen molar-refractivity contribution in [2.24, 2.45) is 7.05 Å². The summed E-state index contributed by atoms with van der Waals surface area (Å²) in [6.07, 6.45) is 3.85. The molecule has 11 nitrogen and oxygen atoms in total. The lowest BCUT2D eigenvalue weighted by Gasteiger charge is -2.27. The van der Waals surface area contributed by atoms with Crippen LogP contribution in [0.25, 0.3) is 33.3 Å². The highest BCUT2D eigenvalue weighted by Crippen LogP contribution is 2.51. The smallest absolute Gasteiger partial charge is 0.435 e. The van der Waals surface area contributed by atoms with Crippen LogP contribution in [0.15, 0.2) is 35.5 Å². The number of aromatic nitrogens is 5. The maximum atomic E-state index is 15.5. The summed E-state index contributed by atoms with van der Waals surface area (Å²) >= 11 is 0. The van der Waals surface area contributed by atoms with Crippen molar-refractivity contribution in [3.8, 4) is 34.3 Å². The van der Waals surface area contributed by atoms with Gasteiger partial charge in [-0.05, 0) is 25.0 Å². The summed E-state index contributed by atoms with van der Waals surface area (Å²) in [4.78, 5) is 40.5. The van der Waals surface area contributed by atoms with Gasteiger partial charge in [0.15, 0.2) is 5.78 Å². The quantitative estimate of drug-likeness (QED) is 0.450. The predicted octanol–water partition coefficient (Wildman–Crippen LogP) is 2.89. The van der Waals surface area contributed by atoms with E-state index in [-0.39, 0.29) is 51.4 Å². The highest BCUT2D eigenvalue weighted by molar-refractivity contribution is 6.03. The Morgan fingerprint density at radius 3 is 2.67 bits per heavy atom. The molecule has 178 valence electrons. The molecule has 12 heteroatoms. The van der Waals surface area contributed by atoms with Crippen LogP contribution < -0.4 is 10.3 Å². The molecule has 3 aromatic heterocycles. The molecule has 0 bridgehead atoms. The molecule has 0 unspecified atom stereocenters. The van der Waals surface area contributed by atoms with Crippen LogP contribution in [0, 0.1) is 17.1 Å². The van der Waals surface area contributed by atoms with E-state index in [1.54, 1.807) is 7.05 Å². The lowest BCUT2D eigenvalue weighted by atomic mass is 9.91. The zero-order chi connectivity index (χ0) is 25.4. The minimum Gasteiger partial charge on any atom is -0.485 e. The number of fused-ring (bicyclic) bond motifs is 2. The summed E-state index contributed by atoms with van der Waals surface area (Å²) in [5.41, 5.74) is -0.781. The molecule has 6 rings (SSSR count). The Balaban J connectivity index is 1.56. The second-order valence-corrected chi connectivity index (χ2v) is 8.81. The van der Waals surface area contributed by atoms with Crippen LogP contribution in [0.1, 0.15) is 35.2 Å². The Labute approximate surface area is 201 Å². The molecule has 1 N–H and O–H groups in total. The van der Waals surface area contributed by atoms with Crippen LogP contribution in [0.5, 0.6) is 5.75 Å². The fourth-order valence-electron chi connectivity index (χ4n) is 4.59. The average Bonchev–Trinajstić information content (AvgIpc) is 3.48. The van der Waals surface area contributed by atoms with Gasteiger partial charge in [-0.25, -0.2) is 9.18 Å². The van der Waals surface area contributed by atoms with Crippen LogP contribution in [0.2, 0.25) is 0 Å². The van der Waals surface area contributed by atoms with Crippen molar-refractivity contribution >= 4 is 22.6 Å². The Morgan fingerprint density at radius 2 is 1.97 bits per heavy atom. The molecule has 1 aliphatic heterocycles. The molecule has 1 fully saturated rings. The summed E-state index contributed by atoms with van der Waals surface area (Å²) in [5, 5.41) is 27.3. The van der Waals surface area contributed by atoms with E-state index in [2.05, 4.69) is 15.2 Å². The number of carbonyl (C=O) groups is 2. The van der Waals surface area contributed by atoms with E-state index in [4.69, 9.17) is 9.84 Å². The van der Waals surface area contributed by atoms with E-state index in [1.165, 1.54) is 29.3 Å². The van der Waals surface area contributed by atoms with Gasteiger partial charge >= 0.3 is 6.09 Å². The number of hydrogen-bond donors (Lipinski definition) is 1. The van der Waals surface area contributed by atoms with Crippen molar-refractivity contribution in [2.45, 2.75) is 24.9 Å². The van der Waals surface area contributed by atoms with Gasteiger partial charge < -0.3 is 9.84 Å². The van der Waals surface area contributed by atoms with E-state index in [1.807, 2.05) is 6.07 Å². The second kappa shape index (κ2) is 7.29. The molecule has 2 aliphatic rings. The van der Waals surface area contributed by atoms with Crippen LogP contribution in [0.3, 0.4) is 0 Å². The Bertz CT molecular complexity index is 1760. The third-order valence-electron chi connectivity index (χ3n) is 6.56. The van der Waals surface area contributed by atoms with Crippen molar-refractivity contribution < 1.29 is 23.8 Å². The minimum atomic E-state index is -1.53. The molecule has 0 amide bonds. The molecule has 4 aromatic rings. The number of carboxylic acid groups (broad SMARTS) is 1. The normalized spacial score (nSPS) is 15.4. The first-order chi connectivity index (χ1) is 17.2. The largest absolute Gasteiger partial charge is 0.485 e. The van der Waals surface area contributed by atoms with E-state index >= 15 is 4.39 Å². The maximum Gasteiger partial charge on any atom is 0.435 e. The number of carbonyl (C=O) groups excluding carboxylic acids is 1. The van der Waals surface area contributed by atoms with Crippen molar-refractivity contribution in [3.05, 3.63) is 58.0 Å². The summed E-state index contributed by atoms with van der Waals surface area (Å²) in [7, 11) is 1.57. The molecular weight excluding hydrogens is 471 g/mol. The number of halogens is 1. The average molecular weight is 486 g/mol. The summed E-state index contributed by atoms with van der Waals surface area (Å²) < 4.78 is 23.3. The van der Waals surface area contributed by atoms with Crippen molar-refractivity contribution in [3.63, 3.8) is 0 Å². The van der Waals surface area contributed by atoms with Crippen LogP contribution in [-0.4, -0.2) is 47.1 Å². The summed E-state index contributed by atoms with van der Waals surface area (Å²) in [5.74, 6) is -0.984. The molecule has 1 saturated carbocycles. The van der Waals surface area contributed by atoms with Gasteiger partial charge in [0.25, 0.3) is 5.56 Å². The van der Waals surface area contributed by atoms with Gasteiger partial charge in [-0.3, -0.25) is 19.3 Å². The predicted molar refractivity (Wildman–Crippen MR) is 121 cm³/mol. The maximum absolute atomic E-state index is 15.5. The minimum absolute atomic E-state index is 0.0286. The first kappa shape index (κ1) is 21.6. The lowest BCUT2D eigenvalue weighted by Crippen LogP contribution is -2.29. The number of pyridine rings is 1. The number of benzene rings is 1. The van der Waals surface area contributed by atoms with E-state index in [0.717, 1.165) is 6.07 Å². The monoisotopic (exact) mass is 486 g/mol. The Morgan fingerprint density at radius 1 is 1.19 bits per heavy atom. The lowest BCUT2D eigenvalue weighted by molar-refractivity contribution is 0.0810. The topological polar surface area (TPSA) is 153 Å². The third kappa shape index (κ3) is 3.02. The molecule has 1 aromatic carbocycles. The fraction of sp³-hybridized carbons (Fsp3) is 0.208. The van der Waals surface area contributed by atoms with Gasteiger partial charge in [0.2, 0.25) is 0 Å². The first-order valence-electron chi connectivity index (χ1n) is 10.9. The van der Waals surface area contributed by atoms with Gasteiger partial charge in [0.1, 0.15) is 28.8 Å². The second-order valence-electron chi connectivity index (χ2n) is 8.81. The van der Waals surface area contributed by atoms with E-state index < -0.39 is 23.1 Å². The number of ketones is 1. The van der Waals surface area contributed by atoms with Crippen LogP contribution in [-0.2, 0) is 7.05 Å².